The Morgan fingerprint density at radius 2 is 0.746 bits per heavy atom. The molecule has 0 aromatic carbocycles. The van der Waals surface area contributed by atoms with Gasteiger partial charge in [0.05, 0.1) is 25.4 Å². The number of unbranched alkanes of at least 4 members (excludes halogenated alkanes) is 34. The van der Waals surface area contributed by atoms with Gasteiger partial charge in [0.2, 0.25) is 5.91 Å². The molecule has 0 spiro atoms. The average Bonchev–Trinajstić information content (AvgIpc) is 3.33. The van der Waals surface area contributed by atoms with E-state index >= 15 is 0 Å². The summed E-state index contributed by atoms with van der Waals surface area (Å²) in [6, 6.07) is -0.632. The molecule has 0 fully saturated rings. The summed E-state index contributed by atoms with van der Waals surface area (Å²) >= 11 is 0. The fourth-order valence-corrected chi connectivity index (χ4v) is 8.52. The Labute approximate surface area is 416 Å². The maximum absolute atomic E-state index is 12.4. The molecule has 0 saturated heterocycles. The molecule has 6 nitrogen and oxygen atoms in total. The first-order chi connectivity index (χ1) is 33.0. The molecule has 0 aromatic rings. The number of esters is 1. The maximum Gasteiger partial charge on any atom is 0.305 e. The zero-order valence-electron chi connectivity index (χ0n) is 44.4. The molecule has 390 valence electrons. The Bertz CT molecular complexity index is 1170. The van der Waals surface area contributed by atoms with E-state index in [1.54, 1.807) is 6.08 Å². The molecule has 0 aromatic heterocycles. The third-order valence-corrected chi connectivity index (χ3v) is 13.0. The largest absolute Gasteiger partial charge is 0.466 e. The highest BCUT2D eigenvalue weighted by atomic mass is 16.5. The Hall–Kier alpha value is -2.44. The van der Waals surface area contributed by atoms with E-state index in [0.717, 1.165) is 64.2 Å². The normalized spacial score (nSPS) is 13.1. The van der Waals surface area contributed by atoms with Crippen LogP contribution >= 0.6 is 0 Å². The molecule has 2 atom stereocenters. The number of hydrogen-bond acceptors (Lipinski definition) is 5. The van der Waals surface area contributed by atoms with Crippen molar-refractivity contribution in [3.63, 3.8) is 0 Å². The van der Waals surface area contributed by atoms with Crippen molar-refractivity contribution in [2.24, 2.45) is 0 Å². The molecule has 0 aliphatic carbocycles. The van der Waals surface area contributed by atoms with Crippen LogP contribution in [0, 0.1) is 0 Å². The minimum Gasteiger partial charge on any atom is -0.466 e. The van der Waals surface area contributed by atoms with Crippen molar-refractivity contribution in [1.29, 1.82) is 0 Å². The van der Waals surface area contributed by atoms with Gasteiger partial charge in [-0.2, -0.15) is 0 Å². The first-order valence-electron chi connectivity index (χ1n) is 29.1. The van der Waals surface area contributed by atoms with Crippen molar-refractivity contribution in [1.82, 2.24) is 5.32 Å². The van der Waals surface area contributed by atoms with E-state index in [2.05, 4.69) is 67.8 Å². The van der Waals surface area contributed by atoms with Gasteiger partial charge < -0.3 is 20.3 Å². The molecule has 67 heavy (non-hydrogen) atoms. The highest BCUT2D eigenvalue weighted by Gasteiger charge is 2.18. The van der Waals surface area contributed by atoms with Crippen LogP contribution in [0.15, 0.2) is 60.8 Å². The molecule has 6 heteroatoms. The number of allylic oxidation sites excluding steroid dienone is 9. The van der Waals surface area contributed by atoms with Crippen molar-refractivity contribution in [2.75, 3.05) is 13.2 Å². The van der Waals surface area contributed by atoms with Gasteiger partial charge in [-0.1, -0.05) is 242 Å². The monoisotopic (exact) mass is 938 g/mol. The second-order valence-corrected chi connectivity index (χ2v) is 19.6. The number of carbonyl (C=O) groups is 2. The summed E-state index contributed by atoms with van der Waals surface area (Å²) in [5.74, 6) is -0.0837. The molecule has 0 rings (SSSR count). The van der Waals surface area contributed by atoms with Crippen molar-refractivity contribution < 1.29 is 24.5 Å². The van der Waals surface area contributed by atoms with Gasteiger partial charge in [-0.05, 0) is 96.3 Å². The van der Waals surface area contributed by atoms with Gasteiger partial charge in [-0.25, -0.2) is 0 Å². The van der Waals surface area contributed by atoms with Crippen molar-refractivity contribution in [3.8, 4) is 0 Å². The average molecular weight is 939 g/mol. The van der Waals surface area contributed by atoms with Crippen LogP contribution in [0.1, 0.15) is 290 Å². The van der Waals surface area contributed by atoms with Gasteiger partial charge in [0, 0.05) is 12.8 Å². The number of amides is 1. The summed E-state index contributed by atoms with van der Waals surface area (Å²) in [7, 11) is 0. The minimum absolute atomic E-state index is 0.00644. The fraction of sp³-hybridized carbons (Fsp3) is 0.803. The van der Waals surface area contributed by atoms with E-state index in [-0.39, 0.29) is 18.5 Å². The van der Waals surface area contributed by atoms with E-state index in [0.29, 0.717) is 19.4 Å². The van der Waals surface area contributed by atoms with Crippen LogP contribution in [0.5, 0.6) is 0 Å². The number of nitrogens with one attached hydrogen (secondary N) is 1. The second kappa shape index (κ2) is 56.2. The Morgan fingerprint density at radius 3 is 1.16 bits per heavy atom. The standard InChI is InChI=1S/C61H111NO5/c1-3-5-7-9-11-13-15-16-28-32-35-39-43-47-51-55-61(66)67-56-52-48-44-40-36-33-30-27-25-23-21-19-17-18-20-22-24-26-29-31-34-38-42-46-50-54-60(65)62-58(57-63)59(64)53-49-45-41-37-14-12-10-8-6-4-2/h11,13,16,18-21,28,49,53,58-59,63-64H,3-10,12,14-15,17,22-27,29-48,50-52,54-57H2,1-2H3,(H,62,65)/b13-11-,20-18-,21-19-,28-16-,53-49+. The topological polar surface area (TPSA) is 95.9 Å². The zero-order valence-corrected chi connectivity index (χ0v) is 44.4. The summed E-state index contributed by atoms with van der Waals surface area (Å²) in [5, 5.41) is 23.0. The maximum atomic E-state index is 12.4. The number of aliphatic hydroxyl groups excluding tert-OH is 2. The molecule has 0 radical (unpaired) electrons. The number of aliphatic hydroxyl groups is 2. The third kappa shape index (κ3) is 52.8. The van der Waals surface area contributed by atoms with Crippen LogP contribution < -0.4 is 5.32 Å². The predicted molar refractivity (Wildman–Crippen MR) is 292 cm³/mol. The highest BCUT2D eigenvalue weighted by molar-refractivity contribution is 5.76. The predicted octanol–water partition coefficient (Wildman–Crippen LogP) is 18.0. The molecule has 0 aliphatic heterocycles. The van der Waals surface area contributed by atoms with Gasteiger partial charge in [0.1, 0.15) is 0 Å². The SMILES string of the molecule is CCCCC/C=C\C/C=C\CCCCCCCC(=O)OCCCCCCCCCCC/C=C\C/C=C\CCCCCCCCCCCC(=O)NC(CO)C(O)/C=C/CCCCCCCCCC. The summed E-state index contributed by atoms with van der Waals surface area (Å²) in [6.07, 6.45) is 72.5. The molecular weight excluding hydrogens is 827 g/mol. The second-order valence-electron chi connectivity index (χ2n) is 19.6. The van der Waals surface area contributed by atoms with Crippen LogP contribution in [0.4, 0.5) is 0 Å². The zero-order chi connectivity index (χ0) is 48.6. The van der Waals surface area contributed by atoms with Gasteiger partial charge >= 0.3 is 5.97 Å². The molecule has 0 heterocycles. The van der Waals surface area contributed by atoms with Crippen LogP contribution in [0.3, 0.4) is 0 Å². The number of hydrogen-bond donors (Lipinski definition) is 3. The lowest BCUT2D eigenvalue weighted by Gasteiger charge is -2.20. The Balaban J connectivity index is 3.45. The number of ether oxygens (including phenoxy) is 1. The third-order valence-electron chi connectivity index (χ3n) is 13.0. The van der Waals surface area contributed by atoms with Crippen LogP contribution in [-0.4, -0.2) is 47.4 Å². The van der Waals surface area contributed by atoms with E-state index in [1.807, 2.05) is 6.08 Å². The minimum atomic E-state index is -0.848. The Morgan fingerprint density at radius 1 is 0.418 bits per heavy atom. The van der Waals surface area contributed by atoms with Gasteiger partial charge in [0.15, 0.2) is 0 Å². The van der Waals surface area contributed by atoms with Crippen LogP contribution in [0.2, 0.25) is 0 Å². The van der Waals surface area contributed by atoms with Gasteiger partial charge in [-0.15, -0.1) is 0 Å². The first-order valence-corrected chi connectivity index (χ1v) is 29.1. The number of carbonyl (C=O) groups excluding carboxylic acids is 2. The van der Waals surface area contributed by atoms with E-state index < -0.39 is 12.1 Å². The smallest absolute Gasteiger partial charge is 0.305 e. The Kier molecular flexibility index (Phi) is 54.1. The lowest BCUT2D eigenvalue weighted by molar-refractivity contribution is -0.143. The molecule has 3 N–H and O–H groups in total. The number of rotatable bonds is 53. The molecular formula is C61H111NO5. The van der Waals surface area contributed by atoms with E-state index in [4.69, 9.17) is 4.74 Å². The van der Waals surface area contributed by atoms with E-state index in [1.165, 1.54) is 199 Å². The fourth-order valence-electron chi connectivity index (χ4n) is 8.52. The summed E-state index contributed by atoms with van der Waals surface area (Å²) in [5.41, 5.74) is 0. The van der Waals surface area contributed by atoms with Crippen molar-refractivity contribution in [2.45, 2.75) is 302 Å². The molecule has 0 aliphatic rings. The molecule has 1 amide bonds. The van der Waals surface area contributed by atoms with Crippen molar-refractivity contribution in [3.05, 3.63) is 60.8 Å². The lowest BCUT2D eigenvalue weighted by Crippen LogP contribution is -2.45. The summed E-state index contributed by atoms with van der Waals surface area (Å²) in [6.45, 7) is 4.84. The molecule has 0 saturated carbocycles. The van der Waals surface area contributed by atoms with E-state index in [9.17, 15) is 19.8 Å². The van der Waals surface area contributed by atoms with Gasteiger partial charge in [0.25, 0.3) is 0 Å². The quantitative estimate of drug-likeness (QED) is 0.0321. The summed E-state index contributed by atoms with van der Waals surface area (Å²) < 4.78 is 5.47. The molecule has 2 unspecified atom stereocenters. The first kappa shape index (κ1) is 64.6. The highest BCUT2D eigenvalue weighted by Crippen LogP contribution is 2.15. The van der Waals surface area contributed by atoms with Crippen LogP contribution in [-0.2, 0) is 14.3 Å². The lowest BCUT2D eigenvalue weighted by atomic mass is 10.0. The molecule has 0 bridgehead atoms. The summed E-state index contributed by atoms with van der Waals surface area (Å²) in [4.78, 5) is 24.4. The van der Waals surface area contributed by atoms with Gasteiger partial charge in [-0.3, -0.25) is 9.59 Å². The van der Waals surface area contributed by atoms with Crippen LogP contribution in [0.25, 0.3) is 0 Å². The van der Waals surface area contributed by atoms with Crippen molar-refractivity contribution >= 4 is 11.9 Å².